The number of alkyl halides is 6. The maximum absolute atomic E-state index is 13.1. The summed E-state index contributed by atoms with van der Waals surface area (Å²) in [6, 6.07) is 6.14. The molecule has 2 aromatic rings. The van der Waals surface area contributed by atoms with Crippen molar-refractivity contribution in [2.75, 3.05) is 11.5 Å². The van der Waals surface area contributed by atoms with Crippen molar-refractivity contribution in [2.45, 2.75) is 12.4 Å². The van der Waals surface area contributed by atoms with Gasteiger partial charge in [-0.1, -0.05) is 24.3 Å². The minimum atomic E-state index is -4.89. The summed E-state index contributed by atoms with van der Waals surface area (Å²) < 4.78 is 78.8. The molecular weight excluding hydrogens is 310 g/mol. The third-order valence-corrected chi connectivity index (χ3v) is 3.05. The molecule has 22 heavy (non-hydrogen) atoms. The number of nitrogens with two attached hydrogens (primary N) is 2. The summed E-state index contributed by atoms with van der Waals surface area (Å²) in [5.74, 6) is 0. The molecule has 0 aliphatic carbocycles. The summed E-state index contributed by atoms with van der Waals surface area (Å²) in [6.07, 6.45) is -9.79. The fourth-order valence-electron chi connectivity index (χ4n) is 2.22. The van der Waals surface area contributed by atoms with E-state index in [9.17, 15) is 26.3 Å². The Morgan fingerprint density at radius 1 is 0.591 bits per heavy atom. The van der Waals surface area contributed by atoms with E-state index in [0.717, 1.165) is 36.4 Å². The van der Waals surface area contributed by atoms with Crippen LogP contribution in [0, 0.1) is 0 Å². The first-order valence-electron chi connectivity index (χ1n) is 5.95. The van der Waals surface area contributed by atoms with Crippen molar-refractivity contribution >= 4 is 11.4 Å². The van der Waals surface area contributed by atoms with Gasteiger partial charge in [-0.2, -0.15) is 26.3 Å². The first-order chi connectivity index (χ1) is 10.0. The highest BCUT2D eigenvalue weighted by molar-refractivity contribution is 5.80. The monoisotopic (exact) mass is 320 g/mol. The second-order valence-electron chi connectivity index (χ2n) is 4.54. The molecule has 0 saturated heterocycles. The van der Waals surface area contributed by atoms with Crippen LogP contribution in [-0.2, 0) is 12.4 Å². The van der Waals surface area contributed by atoms with Crippen molar-refractivity contribution in [3.8, 4) is 11.1 Å². The van der Waals surface area contributed by atoms with Crippen LogP contribution in [0.4, 0.5) is 37.7 Å². The molecule has 2 rings (SSSR count). The Balaban J connectivity index is 2.86. The van der Waals surface area contributed by atoms with Crippen LogP contribution in [0.15, 0.2) is 36.4 Å². The Morgan fingerprint density at radius 2 is 0.909 bits per heavy atom. The van der Waals surface area contributed by atoms with Crippen molar-refractivity contribution in [1.29, 1.82) is 0 Å². The van der Waals surface area contributed by atoms with Crippen molar-refractivity contribution in [1.82, 2.24) is 0 Å². The van der Waals surface area contributed by atoms with Crippen molar-refractivity contribution in [3.63, 3.8) is 0 Å². The van der Waals surface area contributed by atoms with Gasteiger partial charge in [0.05, 0.1) is 11.1 Å². The maximum atomic E-state index is 13.1. The van der Waals surface area contributed by atoms with Crippen molar-refractivity contribution in [2.24, 2.45) is 0 Å². The molecule has 0 aromatic heterocycles. The summed E-state index contributed by atoms with van der Waals surface area (Å²) in [7, 11) is 0. The number of benzene rings is 2. The fourth-order valence-corrected chi connectivity index (χ4v) is 2.22. The summed E-state index contributed by atoms with van der Waals surface area (Å²) in [4.78, 5) is 0. The molecule has 0 aliphatic heterocycles. The van der Waals surface area contributed by atoms with Crippen LogP contribution in [0.1, 0.15) is 11.1 Å². The van der Waals surface area contributed by atoms with Gasteiger partial charge in [0, 0.05) is 11.4 Å². The Morgan fingerprint density at radius 3 is 1.18 bits per heavy atom. The number of hydrogen-bond donors (Lipinski definition) is 2. The molecular formula is C14H10F6N2. The van der Waals surface area contributed by atoms with E-state index in [-0.39, 0.29) is 0 Å². The van der Waals surface area contributed by atoms with Gasteiger partial charge in [-0.25, -0.2) is 0 Å². The van der Waals surface area contributed by atoms with Crippen LogP contribution in [-0.4, -0.2) is 0 Å². The van der Waals surface area contributed by atoms with E-state index in [4.69, 9.17) is 11.5 Å². The lowest BCUT2D eigenvalue weighted by atomic mass is 9.93. The molecule has 0 amide bonds. The van der Waals surface area contributed by atoms with Gasteiger partial charge in [0.15, 0.2) is 0 Å². The summed E-state index contributed by atoms with van der Waals surface area (Å²) in [6.45, 7) is 0. The predicted octanol–water partition coefficient (Wildman–Crippen LogP) is 4.56. The lowest BCUT2D eigenvalue weighted by molar-refractivity contribution is -0.138. The van der Waals surface area contributed by atoms with Crippen LogP contribution in [0.25, 0.3) is 11.1 Å². The second kappa shape index (κ2) is 5.11. The molecule has 0 unspecified atom stereocenters. The lowest BCUT2D eigenvalue weighted by Gasteiger charge is -2.20. The van der Waals surface area contributed by atoms with Crippen LogP contribution < -0.4 is 11.5 Å². The van der Waals surface area contributed by atoms with Gasteiger partial charge in [0.1, 0.15) is 0 Å². The van der Waals surface area contributed by atoms with Gasteiger partial charge < -0.3 is 11.5 Å². The van der Waals surface area contributed by atoms with E-state index in [1.807, 2.05) is 0 Å². The Labute approximate surface area is 121 Å². The normalized spacial score (nSPS) is 12.5. The van der Waals surface area contributed by atoms with Gasteiger partial charge in [-0.15, -0.1) is 0 Å². The van der Waals surface area contributed by atoms with E-state index in [1.54, 1.807) is 0 Å². The molecule has 0 heterocycles. The zero-order valence-electron chi connectivity index (χ0n) is 10.9. The second-order valence-corrected chi connectivity index (χ2v) is 4.54. The number of nitrogen functional groups attached to an aromatic ring is 2. The van der Waals surface area contributed by atoms with Gasteiger partial charge >= 0.3 is 12.4 Å². The quantitative estimate of drug-likeness (QED) is 0.598. The number of hydrogen-bond acceptors (Lipinski definition) is 2. The summed E-state index contributed by atoms with van der Waals surface area (Å²) in [5, 5.41) is 0. The minimum Gasteiger partial charge on any atom is -0.398 e. The van der Waals surface area contributed by atoms with E-state index in [1.165, 1.54) is 0 Å². The van der Waals surface area contributed by atoms with Crippen LogP contribution in [0.3, 0.4) is 0 Å². The molecule has 0 aliphatic rings. The van der Waals surface area contributed by atoms with Gasteiger partial charge in [0.2, 0.25) is 0 Å². The highest BCUT2D eigenvalue weighted by atomic mass is 19.4. The molecule has 0 spiro atoms. The Bertz CT molecular complexity index is 642. The molecule has 0 bridgehead atoms. The maximum Gasteiger partial charge on any atom is 0.418 e. The van der Waals surface area contributed by atoms with Gasteiger partial charge in [-0.05, 0) is 23.3 Å². The lowest BCUT2D eigenvalue weighted by Crippen LogP contribution is -2.14. The molecule has 0 fully saturated rings. The number of rotatable bonds is 1. The topological polar surface area (TPSA) is 52.0 Å². The van der Waals surface area contributed by atoms with Crippen LogP contribution in [0.2, 0.25) is 0 Å². The van der Waals surface area contributed by atoms with Gasteiger partial charge in [-0.3, -0.25) is 0 Å². The molecule has 118 valence electrons. The van der Waals surface area contributed by atoms with E-state index >= 15 is 0 Å². The first-order valence-corrected chi connectivity index (χ1v) is 5.95. The average Bonchev–Trinajstić information content (AvgIpc) is 2.35. The highest BCUT2D eigenvalue weighted by Gasteiger charge is 2.40. The summed E-state index contributed by atoms with van der Waals surface area (Å²) in [5.41, 5.74) is 5.37. The average molecular weight is 320 g/mol. The van der Waals surface area contributed by atoms with Crippen LogP contribution in [0.5, 0.6) is 0 Å². The predicted molar refractivity (Wildman–Crippen MR) is 70.7 cm³/mol. The van der Waals surface area contributed by atoms with E-state index < -0.39 is 46.0 Å². The van der Waals surface area contributed by atoms with E-state index in [0.29, 0.717) is 0 Å². The van der Waals surface area contributed by atoms with Gasteiger partial charge in [0.25, 0.3) is 0 Å². The molecule has 0 radical (unpaired) electrons. The molecule has 2 nitrogen and oxygen atoms in total. The molecule has 0 atom stereocenters. The molecule has 2 aromatic carbocycles. The Kier molecular flexibility index (Phi) is 3.72. The van der Waals surface area contributed by atoms with Crippen molar-refractivity contribution in [3.05, 3.63) is 47.5 Å². The largest absolute Gasteiger partial charge is 0.418 e. The standard InChI is InChI=1S/C14H10F6N2/c15-13(16,17)11-7(3-1-5-9(11)21)8-4-2-6-10(22)12(8)14(18,19)20/h1-6H,21-22H2. The number of halogens is 6. The smallest absolute Gasteiger partial charge is 0.398 e. The molecule has 8 heteroatoms. The SMILES string of the molecule is Nc1cccc(-c2cccc(N)c2C(F)(F)F)c1C(F)(F)F. The molecule has 4 N–H and O–H groups in total. The van der Waals surface area contributed by atoms with Crippen LogP contribution >= 0.6 is 0 Å². The zero-order valence-corrected chi connectivity index (χ0v) is 10.9. The minimum absolute atomic E-state index is 0.652. The third kappa shape index (κ3) is 2.81. The molecule has 0 saturated carbocycles. The van der Waals surface area contributed by atoms with E-state index in [2.05, 4.69) is 0 Å². The summed E-state index contributed by atoms with van der Waals surface area (Å²) >= 11 is 0. The van der Waals surface area contributed by atoms with Crippen molar-refractivity contribution < 1.29 is 26.3 Å². The third-order valence-electron chi connectivity index (χ3n) is 3.05. The fraction of sp³-hybridized carbons (Fsp3) is 0.143. The highest BCUT2D eigenvalue weighted by Crippen LogP contribution is 2.46. The first kappa shape index (κ1) is 16.0. The Hall–Kier alpha value is -2.38. The number of anilines is 2. The zero-order chi connectivity index (χ0) is 16.7.